The molecular formula is C13H12BrClO. The SMILES string of the molecule is Cc1ccccc1CC(Cl)c1ccc(Br)o1. The second-order valence-electron chi connectivity index (χ2n) is 3.74. The Bertz CT molecular complexity index is 478. The molecule has 1 atom stereocenters. The smallest absolute Gasteiger partial charge is 0.169 e. The number of furan rings is 1. The third-order valence-corrected chi connectivity index (χ3v) is 3.36. The molecule has 0 amide bonds. The van der Waals surface area contributed by atoms with Gasteiger partial charge in [-0.3, -0.25) is 0 Å². The van der Waals surface area contributed by atoms with Gasteiger partial charge in [0.15, 0.2) is 4.67 Å². The fraction of sp³-hybridized carbons (Fsp3) is 0.231. The molecule has 3 heteroatoms. The van der Waals surface area contributed by atoms with Crippen molar-refractivity contribution in [2.24, 2.45) is 0 Å². The number of alkyl halides is 1. The second-order valence-corrected chi connectivity index (χ2v) is 5.05. The molecule has 16 heavy (non-hydrogen) atoms. The van der Waals surface area contributed by atoms with Gasteiger partial charge < -0.3 is 4.42 Å². The molecule has 0 N–H and O–H groups in total. The summed E-state index contributed by atoms with van der Waals surface area (Å²) < 4.78 is 6.16. The first kappa shape index (κ1) is 11.7. The topological polar surface area (TPSA) is 13.1 Å². The zero-order valence-corrected chi connectivity index (χ0v) is 11.3. The van der Waals surface area contributed by atoms with E-state index in [1.165, 1.54) is 11.1 Å². The maximum absolute atomic E-state index is 6.31. The molecule has 0 aliphatic rings. The van der Waals surface area contributed by atoms with E-state index >= 15 is 0 Å². The molecule has 0 saturated heterocycles. The summed E-state index contributed by atoms with van der Waals surface area (Å²) in [6.45, 7) is 2.09. The Kier molecular flexibility index (Phi) is 3.72. The highest BCUT2D eigenvalue weighted by molar-refractivity contribution is 9.10. The van der Waals surface area contributed by atoms with E-state index in [1.54, 1.807) is 0 Å². The van der Waals surface area contributed by atoms with Gasteiger partial charge in [-0.25, -0.2) is 0 Å². The summed E-state index contributed by atoms with van der Waals surface area (Å²) in [5, 5.41) is -0.118. The molecule has 1 heterocycles. The summed E-state index contributed by atoms with van der Waals surface area (Å²) in [6.07, 6.45) is 0.786. The molecule has 0 aliphatic carbocycles. The van der Waals surface area contributed by atoms with Crippen LogP contribution in [-0.4, -0.2) is 0 Å². The zero-order chi connectivity index (χ0) is 11.5. The normalized spacial score (nSPS) is 12.7. The van der Waals surface area contributed by atoms with E-state index in [0.29, 0.717) is 0 Å². The molecule has 1 unspecified atom stereocenters. The first-order valence-electron chi connectivity index (χ1n) is 5.10. The minimum Gasteiger partial charge on any atom is -0.453 e. The van der Waals surface area contributed by atoms with E-state index in [9.17, 15) is 0 Å². The Morgan fingerprint density at radius 2 is 2.00 bits per heavy atom. The van der Waals surface area contributed by atoms with E-state index in [2.05, 4.69) is 35.0 Å². The number of hydrogen-bond donors (Lipinski definition) is 0. The quantitative estimate of drug-likeness (QED) is 0.737. The number of benzene rings is 1. The van der Waals surface area contributed by atoms with Crippen LogP contribution in [0.15, 0.2) is 45.5 Å². The number of aryl methyl sites for hydroxylation is 1. The van der Waals surface area contributed by atoms with Gasteiger partial charge in [0.05, 0.1) is 5.38 Å². The Labute approximate surface area is 109 Å². The van der Waals surface area contributed by atoms with Crippen LogP contribution in [0.3, 0.4) is 0 Å². The van der Waals surface area contributed by atoms with Gasteiger partial charge in [-0.15, -0.1) is 11.6 Å². The van der Waals surface area contributed by atoms with Gasteiger partial charge in [0.25, 0.3) is 0 Å². The van der Waals surface area contributed by atoms with Crippen LogP contribution in [0.4, 0.5) is 0 Å². The van der Waals surface area contributed by atoms with Crippen LogP contribution in [-0.2, 0) is 6.42 Å². The third-order valence-electron chi connectivity index (χ3n) is 2.56. The van der Waals surface area contributed by atoms with Crippen molar-refractivity contribution in [2.75, 3.05) is 0 Å². The predicted octanol–water partition coefficient (Wildman–Crippen LogP) is 4.87. The second kappa shape index (κ2) is 5.07. The van der Waals surface area contributed by atoms with E-state index in [-0.39, 0.29) is 5.38 Å². The highest BCUT2D eigenvalue weighted by atomic mass is 79.9. The van der Waals surface area contributed by atoms with Gasteiger partial charge in [-0.05, 0) is 52.5 Å². The van der Waals surface area contributed by atoms with E-state index in [4.69, 9.17) is 16.0 Å². The van der Waals surface area contributed by atoms with Crippen molar-refractivity contribution < 1.29 is 4.42 Å². The van der Waals surface area contributed by atoms with Crippen LogP contribution in [0.5, 0.6) is 0 Å². The first-order chi connectivity index (χ1) is 7.66. The van der Waals surface area contributed by atoms with Gasteiger partial charge in [-0.1, -0.05) is 24.3 Å². The average Bonchev–Trinajstić information content (AvgIpc) is 2.68. The summed E-state index contributed by atoms with van der Waals surface area (Å²) in [5.74, 6) is 0.803. The molecule has 2 rings (SSSR count). The largest absolute Gasteiger partial charge is 0.453 e. The maximum Gasteiger partial charge on any atom is 0.169 e. The molecular weight excluding hydrogens is 287 g/mol. The van der Waals surface area contributed by atoms with Crippen LogP contribution in [0.2, 0.25) is 0 Å². The first-order valence-corrected chi connectivity index (χ1v) is 6.33. The monoisotopic (exact) mass is 298 g/mol. The van der Waals surface area contributed by atoms with Crippen molar-refractivity contribution in [3.8, 4) is 0 Å². The highest BCUT2D eigenvalue weighted by Crippen LogP contribution is 2.29. The van der Waals surface area contributed by atoms with E-state index in [0.717, 1.165) is 16.9 Å². The van der Waals surface area contributed by atoms with Crippen molar-refractivity contribution in [3.05, 3.63) is 58.0 Å². The summed E-state index contributed by atoms with van der Waals surface area (Å²) in [7, 11) is 0. The lowest BCUT2D eigenvalue weighted by atomic mass is 10.0. The van der Waals surface area contributed by atoms with E-state index in [1.807, 2.05) is 24.3 Å². The Balaban J connectivity index is 2.13. The third kappa shape index (κ3) is 2.69. The fourth-order valence-corrected chi connectivity index (χ4v) is 2.23. The van der Waals surface area contributed by atoms with Crippen LogP contribution in [0, 0.1) is 6.92 Å². The average molecular weight is 300 g/mol. The van der Waals surface area contributed by atoms with Crippen molar-refractivity contribution in [3.63, 3.8) is 0 Å². The molecule has 0 spiro atoms. The molecule has 0 saturated carbocycles. The molecule has 1 aromatic carbocycles. The molecule has 2 aromatic rings. The van der Waals surface area contributed by atoms with Crippen molar-refractivity contribution in [1.82, 2.24) is 0 Å². The van der Waals surface area contributed by atoms with Gasteiger partial charge in [0, 0.05) is 0 Å². The minimum atomic E-state index is -0.118. The van der Waals surface area contributed by atoms with Crippen molar-refractivity contribution in [1.29, 1.82) is 0 Å². The Hall–Kier alpha value is -0.730. The van der Waals surface area contributed by atoms with Gasteiger partial charge in [-0.2, -0.15) is 0 Å². The van der Waals surface area contributed by atoms with Gasteiger partial charge in [0.2, 0.25) is 0 Å². The molecule has 1 nitrogen and oxygen atoms in total. The summed E-state index contributed by atoms with van der Waals surface area (Å²) in [6, 6.07) is 12.0. The maximum atomic E-state index is 6.31. The lowest BCUT2D eigenvalue weighted by Crippen LogP contribution is -1.96. The Morgan fingerprint density at radius 1 is 1.25 bits per heavy atom. The van der Waals surface area contributed by atoms with Crippen LogP contribution < -0.4 is 0 Å². The van der Waals surface area contributed by atoms with Crippen LogP contribution in [0.25, 0.3) is 0 Å². The Morgan fingerprint density at radius 3 is 2.62 bits per heavy atom. The molecule has 0 radical (unpaired) electrons. The van der Waals surface area contributed by atoms with E-state index < -0.39 is 0 Å². The van der Waals surface area contributed by atoms with Gasteiger partial charge >= 0.3 is 0 Å². The zero-order valence-electron chi connectivity index (χ0n) is 8.91. The molecule has 1 aromatic heterocycles. The number of rotatable bonds is 3. The van der Waals surface area contributed by atoms with Crippen molar-refractivity contribution in [2.45, 2.75) is 18.7 Å². The molecule has 0 bridgehead atoms. The minimum absolute atomic E-state index is 0.118. The number of hydrogen-bond acceptors (Lipinski definition) is 1. The van der Waals surface area contributed by atoms with Gasteiger partial charge in [0.1, 0.15) is 5.76 Å². The summed E-state index contributed by atoms with van der Waals surface area (Å²) in [5.41, 5.74) is 2.52. The lowest BCUT2D eigenvalue weighted by Gasteiger charge is -2.09. The fourth-order valence-electron chi connectivity index (χ4n) is 1.63. The molecule has 0 fully saturated rings. The van der Waals surface area contributed by atoms with Crippen LogP contribution >= 0.6 is 27.5 Å². The standard InChI is InChI=1S/C13H12BrClO/c1-9-4-2-3-5-10(9)8-11(15)12-6-7-13(14)16-12/h2-7,11H,8H2,1H3. The summed E-state index contributed by atoms with van der Waals surface area (Å²) in [4.78, 5) is 0. The summed E-state index contributed by atoms with van der Waals surface area (Å²) >= 11 is 9.59. The predicted molar refractivity (Wildman–Crippen MR) is 69.9 cm³/mol. The van der Waals surface area contributed by atoms with Crippen molar-refractivity contribution >= 4 is 27.5 Å². The highest BCUT2D eigenvalue weighted by Gasteiger charge is 2.13. The molecule has 0 aliphatic heterocycles. The number of halogens is 2. The lowest BCUT2D eigenvalue weighted by molar-refractivity contribution is 0.481. The van der Waals surface area contributed by atoms with Crippen LogP contribution in [0.1, 0.15) is 22.3 Å². The molecule has 84 valence electrons.